The van der Waals surface area contributed by atoms with Gasteiger partial charge >= 0.3 is 0 Å². The molecule has 0 unspecified atom stereocenters. The number of aromatic nitrogens is 4. The molecule has 7 nitrogen and oxygen atoms in total. The van der Waals surface area contributed by atoms with Gasteiger partial charge in [-0.15, -0.1) is 5.10 Å². The number of rotatable bonds is 1. The number of fused-ring (bicyclic) bond motifs is 2. The topological polar surface area (TPSA) is 83.6 Å². The summed E-state index contributed by atoms with van der Waals surface area (Å²) in [6.45, 7) is 0.767. The van der Waals surface area contributed by atoms with Crippen molar-refractivity contribution in [2.24, 2.45) is 0 Å². The van der Waals surface area contributed by atoms with Gasteiger partial charge in [0.05, 0.1) is 18.2 Å². The van der Waals surface area contributed by atoms with E-state index in [2.05, 4.69) is 15.5 Å². The van der Waals surface area contributed by atoms with Crippen LogP contribution in [0.1, 0.15) is 27.6 Å². The number of tetrazole rings is 1. The van der Waals surface area contributed by atoms with Crippen LogP contribution >= 0.6 is 0 Å². The summed E-state index contributed by atoms with van der Waals surface area (Å²) in [4.78, 5) is 14.3. The summed E-state index contributed by atoms with van der Waals surface area (Å²) in [5.74, 6) is -0.147. The summed E-state index contributed by atoms with van der Waals surface area (Å²) in [5, 5.41) is 21.4. The molecule has 0 radical (unpaired) electrons. The summed E-state index contributed by atoms with van der Waals surface area (Å²) in [7, 11) is 0. The Hall–Kier alpha value is -2.80. The van der Waals surface area contributed by atoms with Crippen molar-refractivity contribution in [1.29, 1.82) is 0 Å². The third kappa shape index (κ3) is 2.03. The Morgan fingerprint density at radius 1 is 1.23 bits per heavy atom. The monoisotopic (exact) mass is 295 g/mol. The molecule has 0 saturated heterocycles. The molecule has 0 saturated carbocycles. The Kier molecular flexibility index (Phi) is 2.87. The maximum Gasteiger partial charge on any atom is 0.255 e. The van der Waals surface area contributed by atoms with Crippen molar-refractivity contribution in [3.05, 3.63) is 59.3 Å². The van der Waals surface area contributed by atoms with Crippen molar-refractivity contribution >= 4 is 11.6 Å². The first kappa shape index (κ1) is 12.9. The highest BCUT2D eigenvalue weighted by atomic mass is 16.3. The van der Waals surface area contributed by atoms with Crippen molar-refractivity contribution in [1.82, 2.24) is 24.9 Å². The first-order valence-corrected chi connectivity index (χ1v) is 6.95. The Balaban J connectivity index is 1.66. The molecule has 0 aliphatic carbocycles. The fraction of sp³-hybridized carbons (Fsp3) is 0.200. The highest BCUT2D eigenvalue weighted by Crippen LogP contribution is 2.27. The van der Waals surface area contributed by atoms with Crippen LogP contribution in [0.15, 0.2) is 42.6 Å². The minimum Gasteiger partial charge on any atom is -0.387 e. The Morgan fingerprint density at radius 2 is 2.09 bits per heavy atom. The standard InChI is InChI=1S/C15H13N5O2/c21-13-9-19(7-10-3-1-2-4-12(10)13)15(22)11-5-6-14-16-17-18-20(14)8-11/h1-6,8,13,21H,7,9H2/t13-/m0/s1. The predicted octanol–water partition coefficient (Wildman–Crippen LogP) is 0.814. The average molecular weight is 295 g/mol. The maximum atomic E-state index is 12.7. The van der Waals surface area contributed by atoms with Crippen LogP contribution in [-0.4, -0.2) is 42.5 Å². The number of nitrogens with zero attached hydrogens (tertiary/aromatic N) is 5. The second-order valence-electron chi connectivity index (χ2n) is 5.30. The minimum atomic E-state index is -0.661. The molecule has 0 spiro atoms. The molecule has 22 heavy (non-hydrogen) atoms. The molecule has 110 valence electrons. The zero-order valence-electron chi connectivity index (χ0n) is 11.6. The van der Waals surface area contributed by atoms with Crippen LogP contribution < -0.4 is 0 Å². The molecule has 4 rings (SSSR count). The lowest BCUT2D eigenvalue weighted by atomic mass is 9.97. The fourth-order valence-corrected chi connectivity index (χ4v) is 2.79. The summed E-state index contributed by atoms with van der Waals surface area (Å²) in [6.07, 6.45) is 0.940. The van der Waals surface area contributed by atoms with Crippen molar-refractivity contribution in [2.45, 2.75) is 12.6 Å². The number of hydrogen-bond acceptors (Lipinski definition) is 5. The molecule has 1 N–H and O–H groups in total. The summed E-state index contributed by atoms with van der Waals surface area (Å²) in [6, 6.07) is 11.0. The largest absolute Gasteiger partial charge is 0.387 e. The predicted molar refractivity (Wildman–Crippen MR) is 76.9 cm³/mol. The van der Waals surface area contributed by atoms with E-state index in [-0.39, 0.29) is 12.5 Å². The molecule has 3 heterocycles. The highest BCUT2D eigenvalue weighted by molar-refractivity contribution is 5.94. The molecular formula is C15H13N5O2. The van der Waals surface area contributed by atoms with E-state index in [1.165, 1.54) is 4.52 Å². The molecule has 1 aliphatic heterocycles. The van der Waals surface area contributed by atoms with Crippen LogP contribution in [0.2, 0.25) is 0 Å². The molecule has 1 amide bonds. The van der Waals surface area contributed by atoms with Crippen molar-refractivity contribution in [2.75, 3.05) is 6.54 Å². The summed E-state index contributed by atoms with van der Waals surface area (Å²) < 4.78 is 1.46. The van der Waals surface area contributed by atoms with E-state index < -0.39 is 6.10 Å². The van der Waals surface area contributed by atoms with Crippen LogP contribution in [-0.2, 0) is 6.54 Å². The molecule has 1 aliphatic rings. The van der Waals surface area contributed by atoms with Gasteiger partial charge < -0.3 is 10.0 Å². The SMILES string of the molecule is O=C(c1ccc2nnnn2c1)N1Cc2ccccc2[C@@H](O)C1. The van der Waals surface area contributed by atoms with Crippen LogP contribution in [0.3, 0.4) is 0 Å². The molecule has 1 atom stereocenters. The quantitative estimate of drug-likeness (QED) is 0.718. The van der Waals surface area contributed by atoms with Gasteiger partial charge in [0, 0.05) is 12.7 Å². The molecule has 2 aromatic heterocycles. The van der Waals surface area contributed by atoms with E-state index in [0.717, 1.165) is 11.1 Å². The van der Waals surface area contributed by atoms with Gasteiger partial charge in [-0.2, -0.15) is 4.52 Å². The Labute approximate surface area is 125 Å². The number of carbonyl (C=O) groups excluding carboxylic acids is 1. The number of aliphatic hydroxyl groups excluding tert-OH is 1. The zero-order chi connectivity index (χ0) is 15.1. The molecule has 7 heteroatoms. The van der Waals surface area contributed by atoms with Gasteiger partial charge in [-0.25, -0.2) is 0 Å². The van der Waals surface area contributed by atoms with Crippen LogP contribution in [0.4, 0.5) is 0 Å². The van der Waals surface area contributed by atoms with Crippen LogP contribution in [0.5, 0.6) is 0 Å². The lowest BCUT2D eigenvalue weighted by molar-refractivity contribution is 0.0549. The van der Waals surface area contributed by atoms with E-state index in [0.29, 0.717) is 17.8 Å². The number of pyridine rings is 1. The third-order valence-corrected chi connectivity index (χ3v) is 3.89. The van der Waals surface area contributed by atoms with E-state index >= 15 is 0 Å². The van der Waals surface area contributed by atoms with Gasteiger partial charge in [0.25, 0.3) is 5.91 Å². The van der Waals surface area contributed by atoms with Gasteiger partial charge in [-0.1, -0.05) is 24.3 Å². The van der Waals surface area contributed by atoms with Crippen molar-refractivity contribution in [3.63, 3.8) is 0 Å². The Morgan fingerprint density at radius 3 is 3.00 bits per heavy atom. The van der Waals surface area contributed by atoms with E-state index in [1.54, 1.807) is 23.2 Å². The smallest absolute Gasteiger partial charge is 0.255 e. The first-order valence-electron chi connectivity index (χ1n) is 6.95. The van der Waals surface area contributed by atoms with Gasteiger partial charge in [-0.3, -0.25) is 4.79 Å². The summed E-state index contributed by atoms with van der Waals surface area (Å²) >= 11 is 0. The second kappa shape index (κ2) is 4.88. The molecule has 3 aromatic rings. The first-order chi connectivity index (χ1) is 10.7. The van der Waals surface area contributed by atoms with Gasteiger partial charge in [0.1, 0.15) is 0 Å². The lowest BCUT2D eigenvalue weighted by Crippen LogP contribution is -2.38. The fourth-order valence-electron chi connectivity index (χ4n) is 2.79. The summed E-state index contributed by atoms with van der Waals surface area (Å²) in [5.41, 5.74) is 2.94. The number of β-amino-alcohol motifs (C(OH)–C–C–N with tert-alkyl or cyclic N) is 1. The normalized spacial score (nSPS) is 17.5. The van der Waals surface area contributed by atoms with Crippen molar-refractivity contribution in [3.8, 4) is 0 Å². The minimum absolute atomic E-state index is 0.147. The molecule has 1 aromatic carbocycles. The van der Waals surface area contributed by atoms with E-state index in [1.807, 2.05) is 24.3 Å². The maximum absolute atomic E-state index is 12.7. The van der Waals surface area contributed by atoms with Crippen LogP contribution in [0, 0.1) is 0 Å². The third-order valence-electron chi connectivity index (χ3n) is 3.89. The number of amides is 1. The number of benzene rings is 1. The molecule has 0 bridgehead atoms. The van der Waals surface area contributed by atoms with Crippen LogP contribution in [0.25, 0.3) is 5.65 Å². The second-order valence-corrected chi connectivity index (χ2v) is 5.30. The zero-order valence-corrected chi connectivity index (χ0v) is 11.6. The number of aliphatic hydroxyl groups is 1. The van der Waals surface area contributed by atoms with Crippen molar-refractivity contribution < 1.29 is 9.90 Å². The molecule has 0 fully saturated rings. The average Bonchev–Trinajstić information content (AvgIpc) is 3.01. The lowest BCUT2D eigenvalue weighted by Gasteiger charge is -2.32. The number of carbonyl (C=O) groups is 1. The van der Waals surface area contributed by atoms with Gasteiger partial charge in [-0.05, 0) is 33.7 Å². The molecular weight excluding hydrogens is 282 g/mol. The van der Waals surface area contributed by atoms with E-state index in [4.69, 9.17) is 0 Å². The van der Waals surface area contributed by atoms with Gasteiger partial charge in [0.2, 0.25) is 0 Å². The van der Waals surface area contributed by atoms with E-state index in [9.17, 15) is 9.90 Å². The Bertz CT molecular complexity index is 860. The number of hydrogen-bond donors (Lipinski definition) is 1. The van der Waals surface area contributed by atoms with Gasteiger partial charge in [0.15, 0.2) is 5.65 Å². The highest BCUT2D eigenvalue weighted by Gasteiger charge is 2.27.